The van der Waals surface area contributed by atoms with Crippen molar-refractivity contribution < 1.29 is 4.74 Å². The molecular formula is C30H28N2OS. The largest absolute Gasteiger partial charge is 0.497 e. The van der Waals surface area contributed by atoms with Crippen LogP contribution in [0.5, 0.6) is 5.75 Å². The van der Waals surface area contributed by atoms with Crippen molar-refractivity contribution in [2.75, 3.05) is 7.11 Å². The summed E-state index contributed by atoms with van der Waals surface area (Å²) in [6, 6.07) is 31.1. The Kier molecular flexibility index (Phi) is 7.05. The molecule has 0 radical (unpaired) electrons. The molecule has 0 atom stereocenters. The van der Waals surface area contributed by atoms with E-state index in [0.717, 1.165) is 38.9 Å². The van der Waals surface area contributed by atoms with Crippen molar-refractivity contribution in [1.82, 2.24) is 4.98 Å². The van der Waals surface area contributed by atoms with Gasteiger partial charge in [0.15, 0.2) is 0 Å². The number of nitriles is 1. The van der Waals surface area contributed by atoms with Gasteiger partial charge in [-0.05, 0) is 40.3 Å². The van der Waals surface area contributed by atoms with Gasteiger partial charge >= 0.3 is 0 Å². The quantitative estimate of drug-likeness (QED) is 0.272. The predicted molar refractivity (Wildman–Crippen MR) is 141 cm³/mol. The molecule has 170 valence electrons. The molecule has 4 rings (SSSR count). The van der Waals surface area contributed by atoms with Crippen molar-refractivity contribution in [3.8, 4) is 34.2 Å². The smallest absolute Gasteiger partial charge is 0.118 e. The zero-order valence-corrected chi connectivity index (χ0v) is 20.8. The molecule has 4 aromatic rings. The Balaban J connectivity index is 1.73. The summed E-state index contributed by atoms with van der Waals surface area (Å²) in [5.41, 5.74) is 6.97. The van der Waals surface area contributed by atoms with Crippen LogP contribution in [-0.4, -0.2) is 12.1 Å². The van der Waals surface area contributed by atoms with Crippen LogP contribution in [0.2, 0.25) is 0 Å². The van der Waals surface area contributed by atoms with E-state index >= 15 is 0 Å². The fraction of sp³-hybridized carbons (Fsp3) is 0.200. The van der Waals surface area contributed by atoms with Gasteiger partial charge in [-0.3, -0.25) is 0 Å². The van der Waals surface area contributed by atoms with E-state index in [0.29, 0.717) is 5.56 Å². The molecule has 0 bridgehead atoms. The van der Waals surface area contributed by atoms with E-state index in [1.807, 2.05) is 60.7 Å². The highest BCUT2D eigenvalue weighted by Crippen LogP contribution is 2.36. The lowest BCUT2D eigenvalue weighted by Crippen LogP contribution is -2.10. The summed E-state index contributed by atoms with van der Waals surface area (Å²) < 4.78 is 5.31. The minimum atomic E-state index is 0.123. The number of hydrogen-bond donors (Lipinski definition) is 0. The van der Waals surface area contributed by atoms with Crippen molar-refractivity contribution >= 4 is 11.8 Å². The summed E-state index contributed by atoms with van der Waals surface area (Å²) in [5.74, 6) is 1.53. The van der Waals surface area contributed by atoms with Crippen molar-refractivity contribution in [3.05, 3.63) is 102 Å². The van der Waals surface area contributed by atoms with Crippen LogP contribution in [0.1, 0.15) is 37.5 Å². The van der Waals surface area contributed by atoms with E-state index in [1.54, 1.807) is 18.9 Å². The third-order valence-electron chi connectivity index (χ3n) is 5.76. The van der Waals surface area contributed by atoms with Gasteiger partial charge in [0.25, 0.3) is 0 Å². The lowest BCUT2D eigenvalue weighted by atomic mass is 9.87. The Labute approximate surface area is 206 Å². The zero-order valence-electron chi connectivity index (χ0n) is 20.0. The molecule has 0 saturated carbocycles. The fourth-order valence-corrected chi connectivity index (χ4v) is 4.70. The van der Waals surface area contributed by atoms with Crippen LogP contribution in [0.3, 0.4) is 0 Å². The molecule has 1 aromatic heterocycles. The number of nitrogens with zero attached hydrogens (tertiary/aromatic N) is 2. The van der Waals surface area contributed by atoms with Crippen molar-refractivity contribution in [2.24, 2.45) is 0 Å². The third-order valence-corrected chi connectivity index (χ3v) is 6.81. The first-order chi connectivity index (χ1) is 16.4. The molecule has 0 saturated heterocycles. The van der Waals surface area contributed by atoms with E-state index in [9.17, 15) is 5.26 Å². The zero-order chi connectivity index (χ0) is 24.1. The number of ether oxygens (including phenoxy) is 1. The van der Waals surface area contributed by atoms with Crippen molar-refractivity contribution in [2.45, 2.75) is 37.0 Å². The molecule has 3 nitrogen and oxygen atoms in total. The van der Waals surface area contributed by atoms with E-state index < -0.39 is 0 Å². The average molecular weight is 465 g/mol. The lowest BCUT2D eigenvalue weighted by Gasteiger charge is -2.19. The molecule has 0 aliphatic carbocycles. The molecule has 0 amide bonds. The SMILES string of the molecule is COc1ccc(-c2cc(-c3ccccc3)nc(SCc3ccc(C(C)(C)C)cc3)c2C#N)cc1. The summed E-state index contributed by atoms with van der Waals surface area (Å²) >= 11 is 1.61. The van der Waals surface area contributed by atoms with Crippen molar-refractivity contribution in [3.63, 3.8) is 0 Å². The Bertz CT molecular complexity index is 1300. The van der Waals surface area contributed by atoms with Gasteiger partial charge in [-0.15, -0.1) is 11.8 Å². The molecule has 34 heavy (non-hydrogen) atoms. The molecule has 3 aromatic carbocycles. The second-order valence-electron chi connectivity index (χ2n) is 9.18. The van der Waals surface area contributed by atoms with Gasteiger partial charge in [0.1, 0.15) is 16.8 Å². The molecule has 0 aliphatic rings. The summed E-state index contributed by atoms with van der Waals surface area (Å²) in [5, 5.41) is 10.9. The van der Waals surface area contributed by atoms with Gasteiger partial charge in [-0.1, -0.05) is 87.5 Å². The van der Waals surface area contributed by atoms with Crippen LogP contribution in [0.4, 0.5) is 0 Å². The van der Waals surface area contributed by atoms with Crippen LogP contribution < -0.4 is 4.74 Å². The number of rotatable bonds is 6. The van der Waals surface area contributed by atoms with Crippen LogP contribution in [0.25, 0.3) is 22.4 Å². The Morgan fingerprint density at radius 2 is 1.56 bits per heavy atom. The maximum absolute atomic E-state index is 10.1. The minimum absolute atomic E-state index is 0.123. The average Bonchev–Trinajstić information content (AvgIpc) is 2.87. The van der Waals surface area contributed by atoms with Crippen LogP contribution in [-0.2, 0) is 11.2 Å². The van der Waals surface area contributed by atoms with Gasteiger partial charge in [0.05, 0.1) is 18.4 Å². The highest BCUT2D eigenvalue weighted by Gasteiger charge is 2.17. The predicted octanol–water partition coefficient (Wildman–Crippen LogP) is 7.89. The first kappa shape index (κ1) is 23.6. The van der Waals surface area contributed by atoms with Gasteiger partial charge in [-0.25, -0.2) is 4.98 Å². The molecule has 0 aliphatic heterocycles. The number of pyridine rings is 1. The summed E-state index contributed by atoms with van der Waals surface area (Å²) in [6.07, 6.45) is 0. The summed E-state index contributed by atoms with van der Waals surface area (Å²) in [4.78, 5) is 4.92. The normalized spacial score (nSPS) is 11.1. The van der Waals surface area contributed by atoms with Crippen LogP contribution >= 0.6 is 11.8 Å². The molecule has 4 heteroatoms. The molecule has 1 heterocycles. The highest BCUT2D eigenvalue weighted by molar-refractivity contribution is 7.98. The second kappa shape index (κ2) is 10.2. The Hall–Kier alpha value is -3.55. The van der Waals surface area contributed by atoms with Gasteiger partial charge < -0.3 is 4.74 Å². The second-order valence-corrected chi connectivity index (χ2v) is 10.1. The number of hydrogen-bond acceptors (Lipinski definition) is 4. The molecule has 0 N–H and O–H groups in total. The minimum Gasteiger partial charge on any atom is -0.497 e. The lowest BCUT2D eigenvalue weighted by molar-refractivity contribution is 0.415. The molecular weight excluding hydrogens is 436 g/mol. The number of methoxy groups -OCH3 is 1. The Morgan fingerprint density at radius 3 is 2.15 bits per heavy atom. The maximum Gasteiger partial charge on any atom is 0.118 e. The van der Waals surface area contributed by atoms with Gasteiger partial charge in [0.2, 0.25) is 0 Å². The monoisotopic (exact) mass is 464 g/mol. The third kappa shape index (κ3) is 5.32. The van der Waals surface area contributed by atoms with E-state index in [2.05, 4.69) is 51.1 Å². The summed E-state index contributed by atoms with van der Waals surface area (Å²) in [6.45, 7) is 6.65. The number of benzene rings is 3. The molecule has 0 spiro atoms. The number of thioether (sulfide) groups is 1. The van der Waals surface area contributed by atoms with Gasteiger partial charge in [-0.2, -0.15) is 5.26 Å². The van der Waals surface area contributed by atoms with Crippen LogP contribution in [0.15, 0.2) is 90.0 Å². The van der Waals surface area contributed by atoms with E-state index in [4.69, 9.17) is 9.72 Å². The summed E-state index contributed by atoms with van der Waals surface area (Å²) in [7, 11) is 1.65. The first-order valence-electron chi connectivity index (χ1n) is 11.3. The highest BCUT2D eigenvalue weighted by atomic mass is 32.2. The standard InChI is InChI=1S/C30H28N2OS/c1-30(2,3)24-14-10-21(11-15-24)20-34-29-27(19-31)26(22-12-16-25(33-4)17-13-22)18-28(32-29)23-8-6-5-7-9-23/h5-18H,20H2,1-4H3. The van der Waals surface area contributed by atoms with Gasteiger partial charge in [0, 0.05) is 16.9 Å². The Morgan fingerprint density at radius 1 is 0.882 bits per heavy atom. The first-order valence-corrected chi connectivity index (χ1v) is 12.2. The van der Waals surface area contributed by atoms with Crippen molar-refractivity contribution in [1.29, 1.82) is 5.26 Å². The molecule has 0 fully saturated rings. The number of aromatic nitrogens is 1. The maximum atomic E-state index is 10.1. The molecule has 0 unspecified atom stereocenters. The topological polar surface area (TPSA) is 45.9 Å². The van der Waals surface area contributed by atoms with E-state index in [1.165, 1.54) is 11.1 Å². The van der Waals surface area contributed by atoms with Crippen LogP contribution in [0, 0.1) is 11.3 Å². The van der Waals surface area contributed by atoms with E-state index in [-0.39, 0.29) is 5.41 Å². The fourth-order valence-electron chi connectivity index (χ4n) is 3.74.